The van der Waals surface area contributed by atoms with E-state index in [2.05, 4.69) is 10.8 Å². The molecule has 0 unspecified atom stereocenters. The van der Waals surface area contributed by atoms with E-state index < -0.39 is 10.0 Å². The van der Waals surface area contributed by atoms with Gasteiger partial charge in [0, 0.05) is 6.54 Å². The van der Waals surface area contributed by atoms with E-state index in [0.717, 1.165) is 17.5 Å². The lowest BCUT2D eigenvalue weighted by atomic mass is 9.98. The van der Waals surface area contributed by atoms with Gasteiger partial charge in [-0.3, -0.25) is 0 Å². The van der Waals surface area contributed by atoms with Gasteiger partial charge in [0.25, 0.3) is 0 Å². The molecule has 2 aromatic carbocycles. The Morgan fingerprint density at radius 1 is 1.14 bits per heavy atom. The average Bonchev–Trinajstić information content (AvgIpc) is 2.53. The van der Waals surface area contributed by atoms with Gasteiger partial charge in [0.05, 0.1) is 17.6 Å². The van der Waals surface area contributed by atoms with Crippen molar-refractivity contribution in [2.75, 3.05) is 13.2 Å². The fraction of sp³-hybridized carbons (Fsp3) is 0.294. The second kappa shape index (κ2) is 6.20. The predicted octanol–water partition coefficient (Wildman–Crippen LogP) is 2.59. The summed E-state index contributed by atoms with van der Waals surface area (Å²) < 4.78 is 33.0. The molecule has 3 rings (SSSR count). The summed E-state index contributed by atoms with van der Waals surface area (Å²) >= 11 is 0. The van der Waals surface area contributed by atoms with Crippen LogP contribution in [0.2, 0.25) is 0 Å². The van der Waals surface area contributed by atoms with E-state index in [1.165, 1.54) is 5.56 Å². The average molecular weight is 317 g/mol. The van der Waals surface area contributed by atoms with Gasteiger partial charge in [0.1, 0.15) is 0 Å². The summed E-state index contributed by atoms with van der Waals surface area (Å²) in [6.45, 7) is 2.79. The van der Waals surface area contributed by atoms with E-state index in [1.807, 2.05) is 25.1 Å². The third kappa shape index (κ3) is 3.21. The molecule has 0 bridgehead atoms. The van der Waals surface area contributed by atoms with Gasteiger partial charge in [0.2, 0.25) is 10.0 Å². The van der Waals surface area contributed by atoms with E-state index in [9.17, 15) is 8.42 Å². The highest BCUT2D eigenvalue weighted by molar-refractivity contribution is 7.89. The van der Waals surface area contributed by atoms with Gasteiger partial charge in [-0.2, -0.15) is 0 Å². The maximum atomic E-state index is 12.3. The molecule has 0 aliphatic carbocycles. The Kier molecular flexibility index (Phi) is 4.29. The molecule has 0 saturated heterocycles. The molecule has 0 radical (unpaired) electrons. The van der Waals surface area contributed by atoms with E-state index in [1.54, 1.807) is 24.3 Å². The Labute approximate surface area is 131 Å². The number of benzene rings is 2. The molecule has 2 aromatic rings. The van der Waals surface area contributed by atoms with E-state index in [4.69, 9.17) is 4.74 Å². The Hall–Kier alpha value is -1.69. The fourth-order valence-corrected chi connectivity index (χ4v) is 3.66. The van der Waals surface area contributed by atoms with Gasteiger partial charge >= 0.3 is 0 Å². The van der Waals surface area contributed by atoms with Crippen molar-refractivity contribution in [3.63, 3.8) is 0 Å². The highest BCUT2D eigenvalue weighted by Gasteiger charge is 2.23. The molecule has 116 valence electrons. The Morgan fingerprint density at radius 3 is 2.64 bits per heavy atom. The fourth-order valence-electron chi connectivity index (χ4n) is 2.63. The Morgan fingerprint density at radius 2 is 1.86 bits per heavy atom. The largest absolute Gasteiger partial charge is 0.372 e. The van der Waals surface area contributed by atoms with Crippen LogP contribution in [0.4, 0.5) is 0 Å². The second-order valence-corrected chi connectivity index (χ2v) is 7.24. The van der Waals surface area contributed by atoms with Crippen LogP contribution >= 0.6 is 0 Å². The maximum absolute atomic E-state index is 12.3. The second-order valence-electron chi connectivity index (χ2n) is 5.47. The molecular weight excluding hydrogens is 298 g/mol. The van der Waals surface area contributed by atoms with Crippen molar-refractivity contribution in [3.8, 4) is 0 Å². The van der Waals surface area contributed by atoms with Crippen molar-refractivity contribution in [2.24, 2.45) is 0 Å². The molecule has 0 aromatic heterocycles. The molecule has 22 heavy (non-hydrogen) atoms. The molecule has 1 heterocycles. The Balaban J connectivity index is 1.74. The van der Waals surface area contributed by atoms with Crippen LogP contribution in [0, 0.1) is 6.92 Å². The summed E-state index contributed by atoms with van der Waals surface area (Å²) in [7, 11) is -3.51. The molecule has 1 aliphatic rings. The van der Waals surface area contributed by atoms with Crippen molar-refractivity contribution in [2.45, 2.75) is 24.3 Å². The van der Waals surface area contributed by atoms with Crippen LogP contribution in [0.1, 0.15) is 22.8 Å². The number of ether oxygens (including phenoxy) is 1. The summed E-state index contributed by atoms with van der Waals surface area (Å²) in [5, 5.41) is 0. The number of hydrogen-bond donors (Lipinski definition) is 1. The van der Waals surface area contributed by atoms with Crippen molar-refractivity contribution in [3.05, 3.63) is 65.2 Å². The first-order chi connectivity index (χ1) is 10.6. The molecule has 0 saturated carbocycles. The summed E-state index contributed by atoms with van der Waals surface area (Å²) in [5.74, 6) is 0. The number of fused-ring (bicyclic) bond motifs is 1. The zero-order valence-electron chi connectivity index (χ0n) is 12.5. The molecule has 1 N–H and O–H groups in total. The van der Waals surface area contributed by atoms with Gasteiger partial charge in [-0.05, 0) is 36.6 Å². The smallest absolute Gasteiger partial charge is 0.240 e. The highest BCUT2D eigenvalue weighted by atomic mass is 32.2. The molecule has 1 atom stereocenters. The number of hydrogen-bond acceptors (Lipinski definition) is 3. The first-order valence-corrected chi connectivity index (χ1v) is 8.80. The van der Waals surface area contributed by atoms with Crippen molar-refractivity contribution < 1.29 is 13.2 Å². The highest BCUT2D eigenvalue weighted by Crippen LogP contribution is 2.26. The van der Waals surface area contributed by atoms with Gasteiger partial charge in [-0.1, -0.05) is 42.0 Å². The Bertz CT molecular complexity index is 754. The zero-order valence-corrected chi connectivity index (χ0v) is 13.3. The number of sulfonamides is 1. The normalized spacial score (nSPS) is 18.0. The van der Waals surface area contributed by atoms with Crippen LogP contribution in [-0.4, -0.2) is 21.6 Å². The van der Waals surface area contributed by atoms with Crippen LogP contribution in [-0.2, 0) is 21.2 Å². The minimum Gasteiger partial charge on any atom is -0.372 e. The van der Waals surface area contributed by atoms with Crippen LogP contribution in [0.15, 0.2) is 53.4 Å². The van der Waals surface area contributed by atoms with Crippen molar-refractivity contribution >= 4 is 10.0 Å². The zero-order chi connectivity index (χ0) is 15.6. The third-order valence-corrected chi connectivity index (χ3v) is 5.32. The number of nitrogens with one attached hydrogen (secondary N) is 1. The first-order valence-electron chi connectivity index (χ1n) is 7.32. The molecule has 0 fully saturated rings. The lowest BCUT2D eigenvalue weighted by Crippen LogP contribution is -2.31. The minimum atomic E-state index is -3.51. The standard InChI is InChI=1S/C17H19NO3S/c1-13-6-8-15(9-7-13)22(19,20)18-12-17-16-5-3-2-4-14(16)10-11-21-17/h2-9,17-18H,10-12H2,1H3/t17-/m0/s1. The predicted molar refractivity (Wildman–Crippen MR) is 85.2 cm³/mol. The molecule has 4 nitrogen and oxygen atoms in total. The topological polar surface area (TPSA) is 55.4 Å². The van der Waals surface area contributed by atoms with Crippen molar-refractivity contribution in [1.29, 1.82) is 0 Å². The van der Waals surface area contributed by atoms with E-state index in [0.29, 0.717) is 6.61 Å². The first kappa shape index (κ1) is 15.2. The third-order valence-electron chi connectivity index (χ3n) is 3.88. The summed E-state index contributed by atoms with van der Waals surface area (Å²) in [4.78, 5) is 0.280. The lowest BCUT2D eigenvalue weighted by Gasteiger charge is -2.26. The van der Waals surface area contributed by atoms with Crippen LogP contribution in [0.3, 0.4) is 0 Å². The van der Waals surface area contributed by atoms with E-state index in [-0.39, 0.29) is 17.5 Å². The molecule has 1 aliphatic heterocycles. The number of aryl methyl sites for hydroxylation is 1. The number of rotatable bonds is 4. The van der Waals surface area contributed by atoms with Crippen LogP contribution < -0.4 is 4.72 Å². The SMILES string of the molecule is Cc1ccc(S(=O)(=O)NC[C@@H]2OCCc3ccccc32)cc1. The molecular formula is C17H19NO3S. The van der Waals surface area contributed by atoms with Gasteiger partial charge < -0.3 is 4.74 Å². The molecule has 5 heteroatoms. The van der Waals surface area contributed by atoms with Gasteiger partial charge in [0.15, 0.2) is 0 Å². The monoisotopic (exact) mass is 317 g/mol. The van der Waals surface area contributed by atoms with Gasteiger partial charge in [-0.25, -0.2) is 13.1 Å². The summed E-state index contributed by atoms with van der Waals surface area (Å²) in [6.07, 6.45) is 0.641. The van der Waals surface area contributed by atoms with Crippen LogP contribution in [0.25, 0.3) is 0 Å². The van der Waals surface area contributed by atoms with Gasteiger partial charge in [-0.15, -0.1) is 0 Å². The van der Waals surface area contributed by atoms with Crippen molar-refractivity contribution in [1.82, 2.24) is 4.72 Å². The lowest BCUT2D eigenvalue weighted by molar-refractivity contribution is 0.0460. The molecule has 0 amide bonds. The van der Waals surface area contributed by atoms with E-state index >= 15 is 0 Å². The minimum absolute atomic E-state index is 0.231. The quantitative estimate of drug-likeness (QED) is 0.943. The van der Waals surface area contributed by atoms with Crippen LogP contribution in [0.5, 0.6) is 0 Å². The summed E-state index contributed by atoms with van der Waals surface area (Å²) in [6, 6.07) is 14.8. The summed E-state index contributed by atoms with van der Waals surface area (Å²) in [5.41, 5.74) is 3.33. The molecule has 0 spiro atoms. The maximum Gasteiger partial charge on any atom is 0.240 e.